The smallest absolute Gasteiger partial charge is 0.332 e. The Balaban J connectivity index is 2.56. The van der Waals surface area contributed by atoms with Gasteiger partial charge in [0.2, 0.25) is 5.91 Å². The molecule has 0 saturated heterocycles. The minimum absolute atomic E-state index is 0.173. The van der Waals surface area contributed by atoms with Crippen molar-refractivity contribution in [2.45, 2.75) is 46.3 Å². The Labute approximate surface area is 141 Å². The van der Waals surface area contributed by atoms with Gasteiger partial charge in [-0.15, -0.1) is 0 Å². The Kier molecular flexibility index (Phi) is 5.75. The zero-order chi connectivity index (χ0) is 17.0. The highest BCUT2D eigenvalue weighted by Gasteiger charge is 2.16. The van der Waals surface area contributed by atoms with Crippen molar-refractivity contribution in [3.8, 4) is 0 Å². The molecule has 23 heavy (non-hydrogen) atoms. The molecular weight excluding hydrogens is 366 g/mol. The number of halogens is 1. The SMILES string of the molecule is CCCn1c(=O)c2[nH]c(CNC(=O)CBr)nc2n(CCC)c1=O. The van der Waals surface area contributed by atoms with Gasteiger partial charge >= 0.3 is 5.69 Å². The van der Waals surface area contributed by atoms with Gasteiger partial charge < -0.3 is 10.3 Å². The largest absolute Gasteiger partial charge is 0.348 e. The quantitative estimate of drug-likeness (QED) is 0.685. The average molecular weight is 386 g/mol. The molecule has 8 nitrogen and oxygen atoms in total. The fourth-order valence-electron chi connectivity index (χ4n) is 2.37. The summed E-state index contributed by atoms with van der Waals surface area (Å²) in [5, 5.41) is 2.85. The average Bonchev–Trinajstić information content (AvgIpc) is 2.97. The van der Waals surface area contributed by atoms with Gasteiger partial charge in [-0.25, -0.2) is 9.78 Å². The van der Waals surface area contributed by atoms with Crippen LogP contribution in [0.15, 0.2) is 9.59 Å². The highest BCUT2D eigenvalue weighted by Crippen LogP contribution is 2.06. The molecule has 0 aromatic carbocycles. The second-order valence-corrected chi connectivity index (χ2v) is 5.74. The van der Waals surface area contributed by atoms with Crippen molar-refractivity contribution in [2.24, 2.45) is 0 Å². The van der Waals surface area contributed by atoms with Crippen LogP contribution in [0.25, 0.3) is 11.2 Å². The molecule has 0 atom stereocenters. The molecule has 2 aromatic heterocycles. The summed E-state index contributed by atoms with van der Waals surface area (Å²) in [6, 6.07) is 0. The van der Waals surface area contributed by atoms with Crippen molar-refractivity contribution in [1.29, 1.82) is 0 Å². The molecular formula is C14H20BrN5O3. The number of aryl methyl sites for hydroxylation is 1. The monoisotopic (exact) mass is 385 g/mol. The third-order valence-corrected chi connectivity index (χ3v) is 3.89. The number of nitrogens with one attached hydrogen (secondary N) is 2. The number of carbonyl (C=O) groups is 1. The van der Waals surface area contributed by atoms with Crippen LogP contribution in [-0.2, 0) is 24.4 Å². The Bertz CT molecular complexity index is 820. The molecule has 2 heterocycles. The van der Waals surface area contributed by atoms with E-state index in [-0.39, 0.29) is 29.0 Å². The van der Waals surface area contributed by atoms with Crippen LogP contribution in [0.2, 0.25) is 0 Å². The maximum atomic E-state index is 12.5. The van der Waals surface area contributed by atoms with Crippen LogP contribution < -0.4 is 16.6 Å². The van der Waals surface area contributed by atoms with Crippen LogP contribution >= 0.6 is 15.9 Å². The van der Waals surface area contributed by atoms with Gasteiger partial charge in [0.05, 0.1) is 11.9 Å². The lowest BCUT2D eigenvalue weighted by molar-refractivity contribution is -0.118. The van der Waals surface area contributed by atoms with Crippen LogP contribution in [0.4, 0.5) is 0 Å². The number of alkyl halides is 1. The maximum absolute atomic E-state index is 12.5. The minimum atomic E-state index is -0.371. The zero-order valence-electron chi connectivity index (χ0n) is 13.2. The lowest BCUT2D eigenvalue weighted by atomic mass is 10.4. The highest BCUT2D eigenvalue weighted by molar-refractivity contribution is 9.09. The van der Waals surface area contributed by atoms with E-state index in [1.165, 1.54) is 9.13 Å². The number of nitrogens with zero attached hydrogens (tertiary/aromatic N) is 3. The van der Waals surface area contributed by atoms with Gasteiger partial charge in [0, 0.05) is 13.1 Å². The van der Waals surface area contributed by atoms with Crippen LogP contribution in [0, 0.1) is 0 Å². The summed E-state index contributed by atoms with van der Waals surface area (Å²) in [4.78, 5) is 43.6. The molecule has 0 fully saturated rings. The number of hydrogen-bond acceptors (Lipinski definition) is 4. The zero-order valence-corrected chi connectivity index (χ0v) is 14.8. The van der Waals surface area contributed by atoms with E-state index in [0.717, 1.165) is 6.42 Å². The number of rotatable bonds is 7. The van der Waals surface area contributed by atoms with Crippen LogP contribution in [0.5, 0.6) is 0 Å². The summed E-state index contributed by atoms with van der Waals surface area (Å²) in [5.74, 6) is 0.268. The second kappa shape index (κ2) is 7.58. The fraction of sp³-hybridized carbons (Fsp3) is 0.571. The lowest BCUT2D eigenvalue weighted by Gasteiger charge is -2.09. The first-order chi connectivity index (χ1) is 11.0. The van der Waals surface area contributed by atoms with E-state index in [9.17, 15) is 14.4 Å². The number of amides is 1. The van der Waals surface area contributed by atoms with Gasteiger partial charge in [-0.2, -0.15) is 0 Å². The molecule has 0 aliphatic carbocycles. The van der Waals surface area contributed by atoms with Crippen LogP contribution in [-0.4, -0.2) is 30.3 Å². The Morgan fingerprint density at radius 2 is 1.87 bits per heavy atom. The van der Waals surface area contributed by atoms with Crippen molar-refractivity contribution >= 4 is 33.0 Å². The van der Waals surface area contributed by atoms with Gasteiger partial charge in [0.25, 0.3) is 5.56 Å². The predicted molar refractivity (Wildman–Crippen MR) is 90.8 cm³/mol. The molecule has 126 valence electrons. The van der Waals surface area contributed by atoms with Crippen molar-refractivity contribution in [2.75, 3.05) is 5.33 Å². The van der Waals surface area contributed by atoms with Gasteiger partial charge in [0.15, 0.2) is 5.65 Å². The van der Waals surface area contributed by atoms with E-state index in [0.29, 0.717) is 36.5 Å². The van der Waals surface area contributed by atoms with Gasteiger partial charge in [-0.05, 0) is 12.8 Å². The third-order valence-electron chi connectivity index (χ3n) is 3.38. The van der Waals surface area contributed by atoms with Crippen molar-refractivity contribution in [3.05, 3.63) is 26.7 Å². The van der Waals surface area contributed by atoms with Crippen molar-refractivity contribution < 1.29 is 4.79 Å². The first-order valence-electron chi connectivity index (χ1n) is 7.58. The first-order valence-corrected chi connectivity index (χ1v) is 8.70. The Morgan fingerprint density at radius 3 is 2.48 bits per heavy atom. The van der Waals surface area contributed by atoms with Gasteiger partial charge in [-0.3, -0.25) is 18.7 Å². The second-order valence-electron chi connectivity index (χ2n) is 5.18. The standard InChI is InChI=1S/C14H20BrN5O3/c1-3-5-19-12-11(13(22)20(6-4-2)14(19)23)17-9(18-12)8-16-10(21)7-15/h3-8H2,1-2H3,(H,16,21)(H,17,18). The molecule has 1 amide bonds. The number of fused-ring (bicyclic) bond motifs is 1. The summed E-state index contributed by atoms with van der Waals surface area (Å²) in [6.07, 6.45) is 1.44. The number of aromatic amines is 1. The van der Waals surface area contributed by atoms with Gasteiger partial charge in [-0.1, -0.05) is 29.8 Å². The third kappa shape index (κ3) is 3.54. The molecule has 0 aliphatic rings. The van der Waals surface area contributed by atoms with E-state index >= 15 is 0 Å². The van der Waals surface area contributed by atoms with E-state index in [1.807, 2.05) is 13.8 Å². The molecule has 0 spiro atoms. The highest BCUT2D eigenvalue weighted by atomic mass is 79.9. The fourth-order valence-corrected chi connectivity index (χ4v) is 2.57. The number of carbonyl (C=O) groups excluding carboxylic acids is 1. The van der Waals surface area contributed by atoms with Crippen LogP contribution in [0.1, 0.15) is 32.5 Å². The number of H-pyrrole nitrogens is 1. The van der Waals surface area contributed by atoms with E-state index < -0.39 is 0 Å². The number of imidazole rings is 1. The summed E-state index contributed by atoms with van der Waals surface area (Å²) >= 11 is 3.06. The Hall–Kier alpha value is -1.90. The predicted octanol–water partition coefficient (Wildman–Crippen LogP) is 0.717. The number of aromatic nitrogens is 4. The summed E-state index contributed by atoms with van der Waals surface area (Å²) in [6.45, 7) is 4.89. The minimum Gasteiger partial charge on any atom is -0.348 e. The molecule has 0 unspecified atom stereocenters. The van der Waals surface area contributed by atoms with Crippen LogP contribution in [0.3, 0.4) is 0 Å². The van der Waals surface area contributed by atoms with Crippen molar-refractivity contribution in [3.63, 3.8) is 0 Å². The molecule has 0 radical (unpaired) electrons. The molecule has 9 heteroatoms. The van der Waals surface area contributed by atoms with Gasteiger partial charge in [0.1, 0.15) is 11.3 Å². The molecule has 0 bridgehead atoms. The molecule has 2 rings (SSSR count). The summed E-state index contributed by atoms with van der Waals surface area (Å²) in [7, 11) is 0. The topological polar surface area (TPSA) is 102 Å². The molecule has 2 aromatic rings. The van der Waals surface area contributed by atoms with E-state index in [2.05, 4.69) is 31.2 Å². The first kappa shape index (κ1) is 17.5. The van der Waals surface area contributed by atoms with E-state index in [1.54, 1.807) is 0 Å². The lowest BCUT2D eigenvalue weighted by Crippen LogP contribution is -2.40. The maximum Gasteiger partial charge on any atom is 0.332 e. The molecule has 0 aliphatic heterocycles. The van der Waals surface area contributed by atoms with Crippen molar-refractivity contribution in [1.82, 2.24) is 24.4 Å². The number of hydrogen-bond donors (Lipinski definition) is 2. The summed E-state index contributed by atoms with van der Waals surface area (Å²) in [5.41, 5.74) is -0.0644. The molecule has 0 saturated carbocycles. The Morgan fingerprint density at radius 1 is 1.22 bits per heavy atom. The molecule has 2 N–H and O–H groups in total. The normalized spacial score (nSPS) is 11.1. The van der Waals surface area contributed by atoms with E-state index in [4.69, 9.17) is 0 Å². The summed E-state index contributed by atoms with van der Waals surface area (Å²) < 4.78 is 2.75.